The highest BCUT2D eigenvalue weighted by Crippen LogP contribution is 2.29. The van der Waals surface area contributed by atoms with Gasteiger partial charge in [0.05, 0.1) is 11.4 Å². The number of allylic oxidation sites excluding steroid dienone is 5. The molecule has 0 fully saturated rings. The second-order valence-corrected chi connectivity index (χ2v) is 5.81. The number of para-hydroxylation sites is 1. The highest BCUT2D eigenvalue weighted by Gasteiger charge is 2.18. The molecular weight excluding hydrogens is 280 g/mol. The van der Waals surface area contributed by atoms with Crippen molar-refractivity contribution in [2.75, 3.05) is 0 Å². The summed E-state index contributed by atoms with van der Waals surface area (Å²) < 4.78 is 2.21. The normalized spacial score (nSPS) is 17.5. The Kier molecular flexibility index (Phi) is 4.42. The summed E-state index contributed by atoms with van der Waals surface area (Å²) in [4.78, 5) is 4.85. The van der Waals surface area contributed by atoms with E-state index in [2.05, 4.69) is 66.6 Å². The first-order valence-corrected chi connectivity index (χ1v) is 8.06. The molecule has 0 spiro atoms. The van der Waals surface area contributed by atoms with E-state index in [4.69, 9.17) is 4.98 Å². The maximum absolute atomic E-state index is 4.85. The first-order chi connectivity index (χ1) is 11.2. The first-order valence-electron chi connectivity index (χ1n) is 8.06. The van der Waals surface area contributed by atoms with Crippen LogP contribution >= 0.6 is 0 Å². The molecule has 23 heavy (non-hydrogen) atoms. The Labute approximate surface area is 138 Å². The van der Waals surface area contributed by atoms with Crippen LogP contribution in [0.2, 0.25) is 0 Å². The Bertz CT molecular complexity index is 789. The van der Waals surface area contributed by atoms with E-state index < -0.39 is 0 Å². The fraction of sp³-hybridized carbons (Fsp3) is 0.190. The van der Waals surface area contributed by atoms with Gasteiger partial charge in [-0.15, -0.1) is 0 Å². The summed E-state index contributed by atoms with van der Waals surface area (Å²) in [7, 11) is 0. The highest BCUT2D eigenvalue weighted by atomic mass is 15.1. The van der Waals surface area contributed by atoms with Gasteiger partial charge in [0, 0.05) is 11.3 Å². The molecular formula is C21H22N2. The monoisotopic (exact) mass is 302 g/mol. The van der Waals surface area contributed by atoms with E-state index in [0.29, 0.717) is 5.92 Å². The van der Waals surface area contributed by atoms with Crippen LogP contribution in [0.5, 0.6) is 0 Å². The standard InChI is InChI=1S/C21H22N2/c1-4-9-20-19(5-2)22-21(17-14-12-16(3)13-15-17)23(20)18-10-7-6-8-11-18/h4-12,14-16H,2,13H2,1,3H3/b9-4-. The smallest absolute Gasteiger partial charge is 0.145 e. The number of benzene rings is 1. The number of imidazole rings is 1. The van der Waals surface area contributed by atoms with Gasteiger partial charge in [0.25, 0.3) is 0 Å². The lowest BCUT2D eigenvalue weighted by atomic mass is 9.98. The van der Waals surface area contributed by atoms with Crippen molar-refractivity contribution in [1.29, 1.82) is 0 Å². The minimum atomic E-state index is 0.591. The fourth-order valence-corrected chi connectivity index (χ4v) is 2.84. The van der Waals surface area contributed by atoms with E-state index in [9.17, 15) is 0 Å². The Morgan fingerprint density at radius 3 is 2.65 bits per heavy atom. The third kappa shape index (κ3) is 2.98. The van der Waals surface area contributed by atoms with Crippen LogP contribution in [0, 0.1) is 5.92 Å². The van der Waals surface area contributed by atoms with Crippen molar-refractivity contribution in [3.05, 3.63) is 78.4 Å². The molecule has 3 rings (SSSR count). The van der Waals surface area contributed by atoms with Gasteiger partial charge in [0.15, 0.2) is 0 Å². The third-order valence-corrected chi connectivity index (χ3v) is 4.05. The number of nitrogens with zero attached hydrogens (tertiary/aromatic N) is 2. The maximum atomic E-state index is 4.85. The molecule has 0 bridgehead atoms. The van der Waals surface area contributed by atoms with Crippen LogP contribution in [-0.2, 0) is 0 Å². The van der Waals surface area contributed by atoms with Crippen LogP contribution in [-0.4, -0.2) is 9.55 Å². The Balaban J connectivity index is 2.23. The van der Waals surface area contributed by atoms with Crippen molar-refractivity contribution < 1.29 is 0 Å². The molecule has 0 N–H and O–H groups in total. The molecule has 1 aromatic heterocycles. The molecule has 1 atom stereocenters. The summed E-state index contributed by atoms with van der Waals surface area (Å²) in [5.74, 6) is 1.56. The van der Waals surface area contributed by atoms with Gasteiger partial charge in [0.1, 0.15) is 5.82 Å². The molecule has 0 radical (unpaired) electrons. The van der Waals surface area contributed by atoms with Crippen LogP contribution < -0.4 is 0 Å². The molecule has 0 amide bonds. The Morgan fingerprint density at radius 1 is 1.26 bits per heavy atom. The van der Waals surface area contributed by atoms with Gasteiger partial charge in [-0.05, 0) is 43.5 Å². The van der Waals surface area contributed by atoms with Gasteiger partial charge in [0.2, 0.25) is 0 Å². The van der Waals surface area contributed by atoms with Crippen molar-refractivity contribution in [3.63, 3.8) is 0 Å². The molecule has 1 aliphatic rings. The molecule has 0 saturated carbocycles. The summed E-state index contributed by atoms with van der Waals surface area (Å²) in [6, 6.07) is 10.4. The zero-order valence-corrected chi connectivity index (χ0v) is 13.7. The minimum Gasteiger partial charge on any atom is -0.292 e. The van der Waals surface area contributed by atoms with Gasteiger partial charge in [-0.3, -0.25) is 4.57 Å². The van der Waals surface area contributed by atoms with E-state index in [0.717, 1.165) is 29.3 Å². The molecule has 0 aliphatic heterocycles. The summed E-state index contributed by atoms with van der Waals surface area (Å²) in [5, 5.41) is 0. The van der Waals surface area contributed by atoms with E-state index in [1.54, 1.807) is 0 Å². The molecule has 1 heterocycles. The minimum absolute atomic E-state index is 0.591. The topological polar surface area (TPSA) is 17.8 Å². The van der Waals surface area contributed by atoms with Crippen LogP contribution in [0.1, 0.15) is 37.5 Å². The predicted molar refractivity (Wildman–Crippen MR) is 99.3 cm³/mol. The molecule has 1 aromatic carbocycles. The Morgan fingerprint density at radius 2 is 2.04 bits per heavy atom. The number of rotatable bonds is 4. The zero-order chi connectivity index (χ0) is 16.2. The van der Waals surface area contributed by atoms with Crippen LogP contribution in [0.25, 0.3) is 23.4 Å². The van der Waals surface area contributed by atoms with Crippen LogP contribution in [0.3, 0.4) is 0 Å². The van der Waals surface area contributed by atoms with Gasteiger partial charge in [-0.1, -0.05) is 56.0 Å². The average Bonchev–Trinajstić information content (AvgIpc) is 2.95. The molecule has 2 heteroatoms. The molecule has 1 unspecified atom stereocenters. The highest BCUT2D eigenvalue weighted by molar-refractivity contribution is 5.76. The molecule has 1 aliphatic carbocycles. The van der Waals surface area contributed by atoms with Crippen molar-refractivity contribution in [3.8, 4) is 5.69 Å². The van der Waals surface area contributed by atoms with Crippen molar-refractivity contribution in [1.82, 2.24) is 9.55 Å². The first kappa shape index (κ1) is 15.3. The zero-order valence-electron chi connectivity index (χ0n) is 13.7. The van der Waals surface area contributed by atoms with E-state index >= 15 is 0 Å². The second kappa shape index (κ2) is 6.66. The fourth-order valence-electron chi connectivity index (χ4n) is 2.84. The van der Waals surface area contributed by atoms with Crippen molar-refractivity contribution in [2.24, 2.45) is 5.92 Å². The van der Waals surface area contributed by atoms with Crippen molar-refractivity contribution in [2.45, 2.75) is 20.3 Å². The summed E-state index contributed by atoms with van der Waals surface area (Å²) in [5.41, 5.74) is 4.27. The second-order valence-electron chi connectivity index (χ2n) is 5.81. The number of aromatic nitrogens is 2. The molecule has 2 aromatic rings. The lowest BCUT2D eigenvalue weighted by Gasteiger charge is -2.14. The van der Waals surface area contributed by atoms with E-state index in [1.165, 1.54) is 5.57 Å². The van der Waals surface area contributed by atoms with Crippen LogP contribution in [0.4, 0.5) is 0 Å². The summed E-state index contributed by atoms with van der Waals surface area (Å²) in [6.45, 7) is 8.19. The molecule has 116 valence electrons. The quantitative estimate of drug-likeness (QED) is 0.726. The largest absolute Gasteiger partial charge is 0.292 e. The van der Waals surface area contributed by atoms with E-state index in [1.807, 2.05) is 25.1 Å². The van der Waals surface area contributed by atoms with E-state index in [-0.39, 0.29) is 0 Å². The van der Waals surface area contributed by atoms with Crippen LogP contribution in [0.15, 0.2) is 61.2 Å². The Hall–Kier alpha value is -2.61. The lowest BCUT2D eigenvalue weighted by molar-refractivity contribution is 0.737. The summed E-state index contributed by atoms with van der Waals surface area (Å²) in [6.07, 6.45) is 13.7. The van der Waals surface area contributed by atoms with Crippen molar-refractivity contribution >= 4 is 17.7 Å². The predicted octanol–water partition coefficient (Wildman–Crippen LogP) is 5.53. The number of hydrogen-bond acceptors (Lipinski definition) is 1. The average molecular weight is 302 g/mol. The third-order valence-electron chi connectivity index (χ3n) is 4.05. The molecule has 2 nitrogen and oxygen atoms in total. The SMILES string of the molecule is C=Cc1nc(C2=CCC(C)C=C2)n(-c2ccccc2)c1/C=C\C. The van der Waals surface area contributed by atoms with Gasteiger partial charge in [-0.25, -0.2) is 4.98 Å². The summed E-state index contributed by atoms with van der Waals surface area (Å²) >= 11 is 0. The molecule has 0 saturated heterocycles. The van der Waals surface area contributed by atoms with Gasteiger partial charge >= 0.3 is 0 Å². The lowest BCUT2D eigenvalue weighted by Crippen LogP contribution is -2.04. The van der Waals surface area contributed by atoms with Gasteiger partial charge in [-0.2, -0.15) is 0 Å². The maximum Gasteiger partial charge on any atom is 0.145 e. The van der Waals surface area contributed by atoms with Gasteiger partial charge < -0.3 is 0 Å². The number of hydrogen-bond donors (Lipinski definition) is 0.